The number of nitrogens with one attached hydrogen (secondary N) is 1. The van der Waals surface area contributed by atoms with Crippen molar-refractivity contribution in [2.45, 2.75) is 45.1 Å². The molecule has 0 bridgehead atoms. The second-order valence-corrected chi connectivity index (χ2v) is 5.36. The van der Waals surface area contributed by atoms with Crippen LogP contribution in [-0.4, -0.2) is 65.4 Å². The monoisotopic (exact) mass is 303 g/mol. The standard InChI is InChI=1S/C16H33NO4/c1-2-3-4-9-18-10-11-19-12-13-20-14-15-21-16-5-7-17-8-6-16/h16-17H,2-15H2,1H3. The van der Waals surface area contributed by atoms with Gasteiger partial charge in [0.05, 0.1) is 45.7 Å². The molecular weight excluding hydrogens is 270 g/mol. The molecule has 0 saturated carbocycles. The van der Waals surface area contributed by atoms with E-state index in [0.717, 1.165) is 39.0 Å². The van der Waals surface area contributed by atoms with Crippen molar-refractivity contribution in [3.05, 3.63) is 0 Å². The molecule has 1 aliphatic rings. The molecule has 1 N–H and O–H groups in total. The number of hydrogen-bond donors (Lipinski definition) is 1. The summed E-state index contributed by atoms with van der Waals surface area (Å²) in [5, 5.41) is 3.33. The fraction of sp³-hybridized carbons (Fsp3) is 1.00. The van der Waals surface area contributed by atoms with Crippen LogP contribution in [0.15, 0.2) is 0 Å². The van der Waals surface area contributed by atoms with Crippen molar-refractivity contribution in [3.8, 4) is 0 Å². The highest BCUT2D eigenvalue weighted by atomic mass is 16.6. The molecule has 0 unspecified atom stereocenters. The van der Waals surface area contributed by atoms with Crippen LogP contribution in [0.5, 0.6) is 0 Å². The Labute approximate surface area is 129 Å². The van der Waals surface area contributed by atoms with E-state index in [1.54, 1.807) is 0 Å². The molecule has 0 spiro atoms. The molecule has 1 heterocycles. The minimum absolute atomic E-state index is 0.413. The molecule has 126 valence electrons. The maximum Gasteiger partial charge on any atom is 0.0704 e. The third-order valence-electron chi connectivity index (χ3n) is 3.50. The third kappa shape index (κ3) is 12.1. The van der Waals surface area contributed by atoms with E-state index in [2.05, 4.69) is 12.2 Å². The Morgan fingerprint density at radius 1 is 0.762 bits per heavy atom. The quantitative estimate of drug-likeness (QED) is 0.497. The van der Waals surface area contributed by atoms with Gasteiger partial charge in [0, 0.05) is 6.61 Å². The van der Waals surface area contributed by atoms with E-state index in [1.165, 1.54) is 12.8 Å². The molecular formula is C16H33NO4. The smallest absolute Gasteiger partial charge is 0.0704 e. The molecule has 0 radical (unpaired) electrons. The van der Waals surface area contributed by atoms with E-state index in [1.807, 2.05) is 0 Å². The van der Waals surface area contributed by atoms with Gasteiger partial charge in [0.15, 0.2) is 0 Å². The summed E-state index contributed by atoms with van der Waals surface area (Å²) in [4.78, 5) is 0. The summed E-state index contributed by atoms with van der Waals surface area (Å²) in [6.07, 6.45) is 6.27. The van der Waals surface area contributed by atoms with Crippen molar-refractivity contribution in [3.63, 3.8) is 0 Å². The van der Waals surface area contributed by atoms with Crippen molar-refractivity contribution in [1.29, 1.82) is 0 Å². The lowest BCUT2D eigenvalue weighted by Crippen LogP contribution is -2.33. The Balaban J connectivity index is 1.69. The summed E-state index contributed by atoms with van der Waals surface area (Å²) in [5.41, 5.74) is 0. The average Bonchev–Trinajstić information content (AvgIpc) is 2.53. The molecule has 0 aromatic rings. The van der Waals surface area contributed by atoms with Gasteiger partial charge in [0.1, 0.15) is 0 Å². The Bertz CT molecular complexity index is 210. The molecule has 0 atom stereocenters. The van der Waals surface area contributed by atoms with Crippen LogP contribution < -0.4 is 5.32 Å². The van der Waals surface area contributed by atoms with Crippen molar-refractivity contribution >= 4 is 0 Å². The molecule has 0 amide bonds. The number of rotatable bonds is 14. The van der Waals surface area contributed by atoms with Gasteiger partial charge >= 0.3 is 0 Å². The van der Waals surface area contributed by atoms with Crippen molar-refractivity contribution < 1.29 is 18.9 Å². The van der Waals surface area contributed by atoms with Gasteiger partial charge in [-0.3, -0.25) is 0 Å². The lowest BCUT2D eigenvalue weighted by Gasteiger charge is -2.22. The first-order valence-electron chi connectivity index (χ1n) is 8.49. The second kappa shape index (κ2) is 14.7. The number of piperidine rings is 1. The highest BCUT2D eigenvalue weighted by Gasteiger charge is 2.12. The SMILES string of the molecule is CCCCCOCCOCCOCCOC1CCNCC1. The highest BCUT2D eigenvalue weighted by molar-refractivity contribution is 4.67. The van der Waals surface area contributed by atoms with Gasteiger partial charge in [-0.25, -0.2) is 0 Å². The Morgan fingerprint density at radius 3 is 1.95 bits per heavy atom. The van der Waals surface area contributed by atoms with Crippen molar-refractivity contribution in [2.75, 3.05) is 59.3 Å². The van der Waals surface area contributed by atoms with E-state index in [4.69, 9.17) is 18.9 Å². The predicted molar refractivity (Wildman–Crippen MR) is 83.8 cm³/mol. The summed E-state index contributed by atoms with van der Waals surface area (Å²) in [6, 6.07) is 0. The van der Waals surface area contributed by atoms with Gasteiger partial charge in [-0.05, 0) is 32.4 Å². The predicted octanol–water partition coefficient (Wildman–Crippen LogP) is 1.99. The Kier molecular flexibility index (Phi) is 13.2. The maximum absolute atomic E-state index is 5.75. The lowest BCUT2D eigenvalue weighted by molar-refractivity contribution is -0.0252. The van der Waals surface area contributed by atoms with Gasteiger partial charge in [0.25, 0.3) is 0 Å². The minimum atomic E-state index is 0.413. The lowest BCUT2D eigenvalue weighted by atomic mass is 10.1. The highest BCUT2D eigenvalue weighted by Crippen LogP contribution is 2.06. The maximum atomic E-state index is 5.75. The summed E-state index contributed by atoms with van der Waals surface area (Å²) in [5.74, 6) is 0. The van der Waals surface area contributed by atoms with Crippen LogP contribution >= 0.6 is 0 Å². The molecule has 0 aromatic heterocycles. The normalized spacial score (nSPS) is 16.4. The molecule has 1 saturated heterocycles. The summed E-state index contributed by atoms with van der Waals surface area (Å²) in [7, 11) is 0. The molecule has 1 aliphatic heterocycles. The van der Waals surface area contributed by atoms with E-state index in [0.29, 0.717) is 45.7 Å². The zero-order valence-corrected chi connectivity index (χ0v) is 13.6. The molecule has 5 nitrogen and oxygen atoms in total. The number of unbranched alkanes of at least 4 members (excludes halogenated alkanes) is 2. The van der Waals surface area contributed by atoms with E-state index < -0.39 is 0 Å². The van der Waals surface area contributed by atoms with E-state index >= 15 is 0 Å². The van der Waals surface area contributed by atoms with Gasteiger partial charge in [-0.15, -0.1) is 0 Å². The zero-order chi connectivity index (χ0) is 15.0. The van der Waals surface area contributed by atoms with Crippen molar-refractivity contribution in [2.24, 2.45) is 0 Å². The first-order chi connectivity index (χ1) is 10.4. The number of hydrogen-bond acceptors (Lipinski definition) is 5. The third-order valence-corrected chi connectivity index (χ3v) is 3.50. The molecule has 0 aromatic carbocycles. The fourth-order valence-electron chi connectivity index (χ4n) is 2.23. The van der Waals surface area contributed by atoms with Crippen LogP contribution in [0.1, 0.15) is 39.0 Å². The van der Waals surface area contributed by atoms with Crippen molar-refractivity contribution in [1.82, 2.24) is 5.32 Å². The average molecular weight is 303 g/mol. The summed E-state index contributed by atoms with van der Waals surface area (Å²) >= 11 is 0. The van der Waals surface area contributed by atoms with E-state index in [9.17, 15) is 0 Å². The summed E-state index contributed by atoms with van der Waals surface area (Å²) in [6.45, 7) is 9.12. The van der Waals surface area contributed by atoms with E-state index in [-0.39, 0.29) is 0 Å². The van der Waals surface area contributed by atoms with Crippen LogP contribution in [0, 0.1) is 0 Å². The van der Waals surface area contributed by atoms with Crippen LogP contribution in [-0.2, 0) is 18.9 Å². The van der Waals surface area contributed by atoms with Gasteiger partial charge in [-0.2, -0.15) is 0 Å². The second-order valence-electron chi connectivity index (χ2n) is 5.36. The first-order valence-corrected chi connectivity index (χ1v) is 8.49. The van der Waals surface area contributed by atoms with Gasteiger partial charge < -0.3 is 24.3 Å². The molecule has 5 heteroatoms. The van der Waals surface area contributed by atoms with Gasteiger partial charge in [-0.1, -0.05) is 19.8 Å². The molecule has 21 heavy (non-hydrogen) atoms. The number of ether oxygens (including phenoxy) is 4. The van der Waals surface area contributed by atoms with Crippen LogP contribution in [0.3, 0.4) is 0 Å². The Hall–Kier alpha value is -0.200. The largest absolute Gasteiger partial charge is 0.379 e. The minimum Gasteiger partial charge on any atom is -0.379 e. The Morgan fingerprint density at radius 2 is 1.33 bits per heavy atom. The molecule has 1 fully saturated rings. The first kappa shape index (κ1) is 18.8. The zero-order valence-electron chi connectivity index (χ0n) is 13.6. The molecule has 0 aliphatic carbocycles. The topological polar surface area (TPSA) is 49.0 Å². The molecule has 1 rings (SSSR count). The van der Waals surface area contributed by atoms with Crippen LogP contribution in [0.4, 0.5) is 0 Å². The fourth-order valence-corrected chi connectivity index (χ4v) is 2.23. The van der Waals surface area contributed by atoms with Gasteiger partial charge in [0.2, 0.25) is 0 Å². The van der Waals surface area contributed by atoms with Crippen LogP contribution in [0.2, 0.25) is 0 Å². The summed E-state index contributed by atoms with van der Waals surface area (Å²) < 4.78 is 22.1. The van der Waals surface area contributed by atoms with Crippen LogP contribution in [0.25, 0.3) is 0 Å².